The van der Waals surface area contributed by atoms with Crippen molar-refractivity contribution >= 4 is 5.91 Å². The van der Waals surface area contributed by atoms with Gasteiger partial charge in [-0.15, -0.1) is 0 Å². The van der Waals surface area contributed by atoms with Gasteiger partial charge in [0, 0.05) is 19.1 Å². The van der Waals surface area contributed by atoms with Crippen molar-refractivity contribution in [3.8, 4) is 0 Å². The predicted molar refractivity (Wildman–Crippen MR) is 73.7 cm³/mol. The van der Waals surface area contributed by atoms with Gasteiger partial charge in [0.05, 0.1) is 11.1 Å². The zero-order valence-electron chi connectivity index (χ0n) is 12.2. The number of nitrogens with zero attached hydrogens (tertiary/aromatic N) is 1. The molecule has 1 aliphatic heterocycles. The number of likely N-dealkylation sites (tertiary alicyclic amines) is 1. The van der Waals surface area contributed by atoms with Crippen molar-refractivity contribution in [3.63, 3.8) is 0 Å². The van der Waals surface area contributed by atoms with Gasteiger partial charge in [-0.25, -0.2) is 4.39 Å². The number of hydrogen-bond acceptors (Lipinski definition) is 2. The van der Waals surface area contributed by atoms with Gasteiger partial charge in [-0.3, -0.25) is 4.79 Å². The minimum atomic E-state index is -4.61. The molecule has 1 aliphatic rings. The number of halogens is 4. The summed E-state index contributed by atoms with van der Waals surface area (Å²) in [5.74, 6) is -1.58. The highest BCUT2D eigenvalue weighted by Crippen LogP contribution is 2.31. The van der Waals surface area contributed by atoms with Crippen LogP contribution in [-0.2, 0) is 6.18 Å². The van der Waals surface area contributed by atoms with Crippen LogP contribution in [0.2, 0.25) is 0 Å². The van der Waals surface area contributed by atoms with E-state index in [0.717, 1.165) is 6.42 Å². The van der Waals surface area contributed by atoms with Gasteiger partial charge in [0.2, 0.25) is 0 Å². The van der Waals surface area contributed by atoms with Gasteiger partial charge in [-0.05, 0) is 43.9 Å². The molecule has 3 nitrogen and oxygen atoms in total. The Kier molecular flexibility index (Phi) is 4.75. The van der Waals surface area contributed by atoms with Crippen molar-refractivity contribution in [1.82, 2.24) is 4.90 Å². The molecule has 2 rings (SSSR count). The Balaban J connectivity index is 2.25. The number of rotatable bonds is 2. The zero-order valence-corrected chi connectivity index (χ0v) is 12.2. The molecule has 0 bridgehead atoms. The number of carbonyl (C=O) groups excluding carboxylic acids is 1. The maximum absolute atomic E-state index is 13.8. The summed E-state index contributed by atoms with van der Waals surface area (Å²) in [7, 11) is 0. The minimum Gasteiger partial charge on any atom is -0.338 e. The van der Waals surface area contributed by atoms with Crippen LogP contribution in [0.4, 0.5) is 17.6 Å². The van der Waals surface area contributed by atoms with Crippen LogP contribution in [-0.4, -0.2) is 29.9 Å². The molecule has 0 aliphatic carbocycles. The van der Waals surface area contributed by atoms with Crippen molar-refractivity contribution in [2.24, 2.45) is 11.7 Å². The molecule has 1 fully saturated rings. The van der Waals surface area contributed by atoms with Crippen LogP contribution in [0.5, 0.6) is 0 Å². The molecule has 1 heterocycles. The van der Waals surface area contributed by atoms with Gasteiger partial charge in [0.15, 0.2) is 0 Å². The Morgan fingerprint density at radius 3 is 2.68 bits per heavy atom. The minimum absolute atomic E-state index is 0.0755. The van der Waals surface area contributed by atoms with Crippen molar-refractivity contribution in [3.05, 3.63) is 35.1 Å². The lowest BCUT2D eigenvalue weighted by atomic mass is 9.91. The number of nitrogens with two attached hydrogens (primary N) is 1. The van der Waals surface area contributed by atoms with E-state index in [0.29, 0.717) is 37.7 Å². The number of alkyl halides is 3. The van der Waals surface area contributed by atoms with E-state index in [1.54, 1.807) is 0 Å². The maximum Gasteiger partial charge on any atom is 0.416 e. The van der Waals surface area contributed by atoms with Crippen LogP contribution in [0.25, 0.3) is 0 Å². The Hall–Kier alpha value is -1.63. The molecule has 2 N–H and O–H groups in total. The molecule has 0 spiro atoms. The number of carbonyl (C=O) groups is 1. The van der Waals surface area contributed by atoms with E-state index in [1.807, 2.05) is 6.92 Å². The van der Waals surface area contributed by atoms with Crippen LogP contribution in [0.3, 0.4) is 0 Å². The molecule has 0 radical (unpaired) electrons. The molecule has 2 atom stereocenters. The van der Waals surface area contributed by atoms with Gasteiger partial charge in [-0.1, -0.05) is 0 Å². The summed E-state index contributed by atoms with van der Waals surface area (Å²) in [6.45, 7) is 2.56. The fourth-order valence-corrected chi connectivity index (χ4v) is 2.66. The van der Waals surface area contributed by atoms with Crippen molar-refractivity contribution < 1.29 is 22.4 Å². The van der Waals surface area contributed by atoms with E-state index >= 15 is 0 Å². The van der Waals surface area contributed by atoms with E-state index < -0.39 is 29.0 Å². The first kappa shape index (κ1) is 16.7. The zero-order chi connectivity index (χ0) is 16.5. The Morgan fingerprint density at radius 2 is 2.09 bits per heavy atom. The van der Waals surface area contributed by atoms with Crippen molar-refractivity contribution in [2.75, 3.05) is 13.1 Å². The molecule has 1 aromatic rings. The van der Waals surface area contributed by atoms with Crippen molar-refractivity contribution in [1.29, 1.82) is 0 Å². The molecule has 1 saturated heterocycles. The van der Waals surface area contributed by atoms with Crippen LogP contribution in [0.15, 0.2) is 18.2 Å². The van der Waals surface area contributed by atoms with Gasteiger partial charge in [0.1, 0.15) is 5.82 Å². The van der Waals surface area contributed by atoms with Crippen LogP contribution in [0.1, 0.15) is 35.7 Å². The highest BCUT2D eigenvalue weighted by atomic mass is 19.4. The number of piperidine rings is 1. The number of hydrogen-bond donors (Lipinski definition) is 1. The largest absolute Gasteiger partial charge is 0.416 e. The molecule has 1 aromatic carbocycles. The summed E-state index contributed by atoms with van der Waals surface area (Å²) < 4.78 is 51.9. The predicted octanol–water partition coefficient (Wildman–Crippen LogP) is 3.04. The normalized spacial score (nSPS) is 20.8. The molecule has 7 heteroatoms. The van der Waals surface area contributed by atoms with E-state index in [-0.39, 0.29) is 12.0 Å². The molecule has 22 heavy (non-hydrogen) atoms. The first-order valence-electron chi connectivity index (χ1n) is 7.11. The molecular formula is C15H18F4N2O. The highest BCUT2D eigenvalue weighted by molar-refractivity contribution is 5.94. The second-order valence-corrected chi connectivity index (χ2v) is 5.70. The Morgan fingerprint density at radius 1 is 1.41 bits per heavy atom. The topological polar surface area (TPSA) is 46.3 Å². The molecule has 122 valence electrons. The molecule has 0 aromatic heterocycles. The average Bonchev–Trinajstić information content (AvgIpc) is 2.46. The van der Waals surface area contributed by atoms with Gasteiger partial charge in [-0.2, -0.15) is 13.2 Å². The third-order valence-corrected chi connectivity index (χ3v) is 4.01. The average molecular weight is 318 g/mol. The van der Waals surface area contributed by atoms with Crippen molar-refractivity contribution in [2.45, 2.75) is 32.0 Å². The summed E-state index contributed by atoms with van der Waals surface area (Å²) in [4.78, 5) is 13.7. The third kappa shape index (κ3) is 3.58. The second kappa shape index (κ2) is 6.24. The van der Waals surface area contributed by atoms with Crippen LogP contribution < -0.4 is 5.73 Å². The SMILES string of the molecule is C[C@@H](N)[C@@H]1CCCN(C(=O)c2cc(C(F)(F)F)ccc2F)C1. The first-order valence-corrected chi connectivity index (χ1v) is 7.11. The quantitative estimate of drug-likeness (QED) is 0.852. The molecule has 0 unspecified atom stereocenters. The summed E-state index contributed by atoms with van der Waals surface area (Å²) in [5.41, 5.74) is 4.25. The van der Waals surface area contributed by atoms with Crippen LogP contribution in [0, 0.1) is 11.7 Å². The van der Waals surface area contributed by atoms with Crippen LogP contribution >= 0.6 is 0 Å². The lowest BCUT2D eigenvalue weighted by molar-refractivity contribution is -0.137. The first-order chi connectivity index (χ1) is 10.2. The van der Waals surface area contributed by atoms with E-state index in [2.05, 4.69) is 0 Å². The fraction of sp³-hybridized carbons (Fsp3) is 0.533. The number of amides is 1. The van der Waals surface area contributed by atoms with Gasteiger partial charge >= 0.3 is 6.18 Å². The highest BCUT2D eigenvalue weighted by Gasteiger charge is 2.33. The summed E-state index contributed by atoms with van der Waals surface area (Å²) in [6, 6.07) is 1.77. The Labute approximate surface area is 126 Å². The Bertz CT molecular complexity index is 557. The fourth-order valence-electron chi connectivity index (χ4n) is 2.66. The molecule has 1 amide bonds. The summed E-state index contributed by atoms with van der Waals surface area (Å²) in [5, 5.41) is 0. The summed E-state index contributed by atoms with van der Waals surface area (Å²) in [6.07, 6.45) is -3.05. The van der Waals surface area contributed by atoms with Gasteiger partial charge < -0.3 is 10.6 Å². The lowest BCUT2D eigenvalue weighted by Crippen LogP contribution is -2.45. The smallest absolute Gasteiger partial charge is 0.338 e. The second-order valence-electron chi connectivity index (χ2n) is 5.70. The lowest BCUT2D eigenvalue weighted by Gasteiger charge is -2.34. The van der Waals surface area contributed by atoms with E-state index in [4.69, 9.17) is 5.73 Å². The molecular weight excluding hydrogens is 300 g/mol. The van der Waals surface area contributed by atoms with Gasteiger partial charge in [0.25, 0.3) is 5.91 Å². The molecule has 0 saturated carbocycles. The monoisotopic (exact) mass is 318 g/mol. The summed E-state index contributed by atoms with van der Waals surface area (Å²) >= 11 is 0. The third-order valence-electron chi connectivity index (χ3n) is 4.01. The standard InChI is InChI=1S/C15H18F4N2O/c1-9(20)10-3-2-6-21(8-10)14(22)12-7-11(15(17,18)19)4-5-13(12)16/h4-5,7,9-10H,2-3,6,8,20H2,1H3/t9-,10-/m1/s1. The van der Waals surface area contributed by atoms with E-state index in [1.165, 1.54) is 4.90 Å². The van der Waals surface area contributed by atoms with E-state index in [9.17, 15) is 22.4 Å². The maximum atomic E-state index is 13.8. The number of benzene rings is 1.